The van der Waals surface area contributed by atoms with Gasteiger partial charge in [-0.05, 0) is 18.8 Å². The predicted octanol–water partition coefficient (Wildman–Crippen LogP) is 1.05. The molecular formula is C10H15NO3. The molecule has 14 heavy (non-hydrogen) atoms. The van der Waals surface area contributed by atoms with Gasteiger partial charge in [0.2, 0.25) is 0 Å². The summed E-state index contributed by atoms with van der Waals surface area (Å²) in [6.07, 6.45) is 1.08. The topological polar surface area (TPSA) is 46.6 Å². The fourth-order valence-electron chi connectivity index (χ4n) is 2.43. The Balaban J connectivity index is 1.91. The quantitative estimate of drug-likeness (QED) is 0.631. The highest BCUT2D eigenvalue weighted by Crippen LogP contribution is 2.35. The van der Waals surface area contributed by atoms with Crippen molar-refractivity contribution in [2.45, 2.75) is 19.8 Å². The Kier molecular flexibility index (Phi) is 2.44. The summed E-state index contributed by atoms with van der Waals surface area (Å²) in [7, 11) is 0. The number of hydrogen-bond acceptors (Lipinski definition) is 3. The van der Waals surface area contributed by atoms with E-state index in [2.05, 4.69) is 0 Å². The molecule has 4 nitrogen and oxygen atoms in total. The molecule has 1 aliphatic carbocycles. The van der Waals surface area contributed by atoms with Crippen LogP contribution in [0.15, 0.2) is 0 Å². The highest BCUT2D eigenvalue weighted by atomic mass is 16.6. The van der Waals surface area contributed by atoms with Crippen molar-refractivity contribution in [1.29, 1.82) is 0 Å². The fraction of sp³-hybridized carbons (Fsp3) is 0.800. The van der Waals surface area contributed by atoms with Gasteiger partial charge in [-0.3, -0.25) is 4.79 Å². The maximum atomic E-state index is 11.4. The summed E-state index contributed by atoms with van der Waals surface area (Å²) in [5.74, 6) is 1.14. The Morgan fingerprint density at radius 1 is 1.43 bits per heavy atom. The van der Waals surface area contributed by atoms with Gasteiger partial charge < -0.3 is 9.64 Å². The molecule has 2 rings (SSSR count). The van der Waals surface area contributed by atoms with Crippen LogP contribution in [0.1, 0.15) is 19.8 Å². The van der Waals surface area contributed by atoms with Crippen LogP contribution in [-0.2, 0) is 9.53 Å². The van der Waals surface area contributed by atoms with E-state index in [1.807, 2.05) is 0 Å². The lowest BCUT2D eigenvalue weighted by atomic mass is 10.0. The largest absolute Gasteiger partial charge is 0.450 e. The lowest BCUT2D eigenvalue weighted by Crippen LogP contribution is -2.30. The van der Waals surface area contributed by atoms with Gasteiger partial charge in [-0.2, -0.15) is 0 Å². The Hall–Kier alpha value is -1.06. The Bertz CT molecular complexity index is 248. The van der Waals surface area contributed by atoms with E-state index < -0.39 is 0 Å². The third kappa shape index (κ3) is 1.61. The van der Waals surface area contributed by atoms with Gasteiger partial charge in [0.05, 0.1) is 6.61 Å². The average molecular weight is 197 g/mol. The number of hydrogen-bond donors (Lipinski definition) is 0. The van der Waals surface area contributed by atoms with Crippen molar-refractivity contribution in [3.63, 3.8) is 0 Å². The molecule has 1 saturated heterocycles. The lowest BCUT2D eigenvalue weighted by molar-refractivity contribution is -0.118. The van der Waals surface area contributed by atoms with Gasteiger partial charge in [-0.15, -0.1) is 0 Å². The second-order valence-corrected chi connectivity index (χ2v) is 4.07. The molecule has 1 amide bonds. The molecule has 1 heterocycles. The van der Waals surface area contributed by atoms with Crippen LogP contribution >= 0.6 is 0 Å². The summed E-state index contributed by atoms with van der Waals surface area (Å²) in [6, 6.07) is 0. The first kappa shape index (κ1) is 9.49. The maximum absolute atomic E-state index is 11.4. The van der Waals surface area contributed by atoms with Gasteiger partial charge in [0.1, 0.15) is 5.78 Å². The molecule has 0 radical (unpaired) electrons. The van der Waals surface area contributed by atoms with Crippen molar-refractivity contribution in [2.75, 3.05) is 19.7 Å². The number of fused-ring (bicyclic) bond motifs is 1. The number of likely N-dealkylation sites (tertiary alicyclic amines) is 1. The normalized spacial score (nSPS) is 30.6. The van der Waals surface area contributed by atoms with Crippen LogP contribution in [-0.4, -0.2) is 36.5 Å². The van der Waals surface area contributed by atoms with E-state index in [4.69, 9.17) is 4.74 Å². The number of nitrogens with zero attached hydrogens (tertiary/aromatic N) is 1. The average Bonchev–Trinajstić information content (AvgIpc) is 2.61. The summed E-state index contributed by atoms with van der Waals surface area (Å²) in [5.41, 5.74) is 0. The first-order chi connectivity index (χ1) is 6.70. The molecule has 0 aromatic heterocycles. The van der Waals surface area contributed by atoms with E-state index in [1.54, 1.807) is 11.8 Å². The number of Topliss-reactive ketones (excluding diaryl/α,β-unsaturated/α-hetero) is 1. The van der Waals surface area contributed by atoms with E-state index >= 15 is 0 Å². The first-order valence-electron chi connectivity index (χ1n) is 5.14. The number of carbonyl (C=O) groups excluding carboxylic acids is 2. The standard InChI is InChI=1S/C10H15NO3/c1-2-14-10(13)11-5-7-3-9(12)4-8(7)6-11/h7-8H,2-6H2,1H3. The van der Waals surface area contributed by atoms with Crippen molar-refractivity contribution < 1.29 is 14.3 Å². The van der Waals surface area contributed by atoms with Gasteiger partial charge in [0.25, 0.3) is 0 Å². The second-order valence-electron chi connectivity index (χ2n) is 4.07. The van der Waals surface area contributed by atoms with Crippen molar-refractivity contribution in [3.8, 4) is 0 Å². The molecule has 0 aromatic carbocycles. The summed E-state index contributed by atoms with van der Waals surface area (Å²) in [4.78, 5) is 24.2. The van der Waals surface area contributed by atoms with Gasteiger partial charge in [-0.25, -0.2) is 4.79 Å². The monoisotopic (exact) mass is 197 g/mol. The molecule has 2 fully saturated rings. The Morgan fingerprint density at radius 2 is 2.00 bits per heavy atom. The lowest BCUT2D eigenvalue weighted by Gasteiger charge is -2.15. The van der Waals surface area contributed by atoms with Gasteiger partial charge >= 0.3 is 6.09 Å². The highest BCUT2D eigenvalue weighted by Gasteiger charge is 2.42. The van der Waals surface area contributed by atoms with E-state index in [-0.39, 0.29) is 6.09 Å². The van der Waals surface area contributed by atoms with Crippen LogP contribution in [0, 0.1) is 11.8 Å². The zero-order valence-electron chi connectivity index (χ0n) is 8.36. The second kappa shape index (κ2) is 3.59. The van der Waals surface area contributed by atoms with E-state index in [9.17, 15) is 9.59 Å². The van der Waals surface area contributed by atoms with E-state index in [1.165, 1.54) is 0 Å². The summed E-state index contributed by atoms with van der Waals surface area (Å²) >= 11 is 0. The first-order valence-corrected chi connectivity index (χ1v) is 5.14. The molecule has 2 aliphatic rings. The Morgan fingerprint density at radius 3 is 2.50 bits per heavy atom. The van der Waals surface area contributed by atoms with Crippen molar-refractivity contribution in [2.24, 2.45) is 11.8 Å². The number of ether oxygens (including phenoxy) is 1. The van der Waals surface area contributed by atoms with Crippen molar-refractivity contribution >= 4 is 11.9 Å². The fourth-order valence-corrected chi connectivity index (χ4v) is 2.43. The SMILES string of the molecule is CCOC(=O)N1CC2CC(=O)CC2C1. The van der Waals surface area contributed by atoms with Gasteiger partial charge in [0.15, 0.2) is 0 Å². The minimum absolute atomic E-state index is 0.227. The van der Waals surface area contributed by atoms with Crippen molar-refractivity contribution in [1.82, 2.24) is 4.90 Å². The molecule has 2 unspecified atom stereocenters. The predicted molar refractivity (Wildman–Crippen MR) is 49.8 cm³/mol. The summed E-state index contributed by atoms with van der Waals surface area (Å²) in [5, 5.41) is 0. The van der Waals surface area contributed by atoms with Crippen LogP contribution in [0.2, 0.25) is 0 Å². The molecule has 0 bridgehead atoms. The van der Waals surface area contributed by atoms with E-state index in [0.717, 1.165) is 0 Å². The minimum Gasteiger partial charge on any atom is -0.450 e. The van der Waals surface area contributed by atoms with Crippen LogP contribution in [0.5, 0.6) is 0 Å². The minimum atomic E-state index is -0.227. The molecule has 0 aromatic rings. The van der Waals surface area contributed by atoms with Crippen LogP contribution in [0.25, 0.3) is 0 Å². The van der Waals surface area contributed by atoms with Gasteiger partial charge in [0, 0.05) is 25.9 Å². The summed E-state index contributed by atoms with van der Waals surface area (Å²) in [6.45, 7) is 3.63. The summed E-state index contributed by atoms with van der Waals surface area (Å²) < 4.78 is 4.92. The third-order valence-electron chi connectivity index (χ3n) is 3.08. The maximum Gasteiger partial charge on any atom is 0.409 e. The smallest absolute Gasteiger partial charge is 0.409 e. The molecule has 0 spiro atoms. The Labute approximate surface area is 83.2 Å². The number of ketones is 1. The number of carbonyl (C=O) groups is 2. The molecule has 2 atom stereocenters. The molecule has 1 saturated carbocycles. The number of rotatable bonds is 1. The van der Waals surface area contributed by atoms with Crippen LogP contribution in [0.4, 0.5) is 4.79 Å². The van der Waals surface area contributed by atoms with Crippen LogP contribution in [0.3, 0.4) is 0 Å². The zero-order valence-corrected chi connectivity index (χ0v) is 8.36. The molecule has 0 N–H and O–H groups in total. The molecule has 4 heteroatoms. The van der Waals surface area contributed by atoms with Gasteiger partial charge in [-0.1, -0.05) is 0 Å². The zero-order chi connectivity index (χ0) is 10.1. The third-order valence-corrected chi connectivity index (χ3v) is 3.08. The van der Waals surface area contributed by atoms with Crippen molar-refractivity contribution in [3.05, 3.63) is 0 Å². The molecule has 78 valence electrons. The highest BCUT2D eigenvalue weighted by molar-refractivity contribution is 5.82. The molecular weight excluding hydrogens is 182 g/mol. The molecule has 1 aliphatic heterocycles. The van der Waals surface area contributed by atoms with Crippen LogP contribution < -0.4 is 0 Å². The number of amides is 1. The van der Waals surface area contributed by atoms with E-state index in [0.29, 0.717) is 50.2 Å².